The number of hydrogen-bond acceptors (Lipinski definition) is 8. The second kappa shape index (κ2) is 12.0. The van der Waals surface area contributed by atoms with E-state index < -0.39 is 18.1 Å². The number of aryl methyl sites for hydroxylation is 1. The predicted octanol–water partition coefficient (Wildman–Crippen LogP) is 2.46. The van der Waals surface area contributed by atoms with Crippen LogP contribution in [-0.2, 0) is 9.53 Å². The van der Waals surface area contributed by atoms with Gasteiger partial charge in [-0.15, -0.1) is 0 Å². The lowest BCUT2D eigenvalue weighted by Crippen LogP contribution is -2.34. The summed E-state index contributed by atoms with van der Waals surface area (Å²) in [4.78, 5) is 49.0. The molecule has 1 fully saturated rings. The van der Waals surface area contributed by atoms with Gasteiger partial charge in [-0.3, -0.25) is 19.0 Å². The minimum absolute atomic E-state index is 0.0369. The summed E-state index contributed by atoms with van der Waals surface area (Å²) in [5.74, 6) is 5.60. The van der Waals surface area contributed by atoms with Gasteiger partial charge in [-0.2, -0.15) is 5.10 Å². The van der Waals surface area contributed by atoms with E-state index in [-0.39, 0.29) is 29.5 Å². The van der Waals surface area contributed by atoms with E-state index in [0.717, 1.165) is 6.42 Å². The summed E-state index contributed by atoms with van der Waals surface area (Å²) in [5, 5.41) is 10.4. The molecule has 44 heavy (non-hydrogen) atoms. The van der Waals surface area contributed by atoms with Gasteiger partial charge >= 0.3 is 0 Å². The quantitative estimate of drug-likeness (QED) is 0.255. The van der Waals surface area contributed by atoms with Gasteiger partial charge in [0.1, 0.15) is 11.9 Å². The molecule has 3 aromatic heterocycles. The molecule has 4 N–H and O–H groups in total. The molecular formula is C32H30N8O4. The molecule has 1 unspecified atom stereocenters. The van der Waals surface area contributed by atoms with Gasteiger partial charge in [0.2, 0.25) is 5.91 Å². The van der Waals surface area contributed by atoms with Crippen LogP contribution in [0.5, 0.6) is 0 Å². The SMILES string of the molecule is Cc1ccc2nc(N)c(C(=O)NC(C)c3nc4cccc(C#CCNC(=O)[C@H]5CCCO5)c4c(=O)n3-c3ccccc3)n2n1. The number of imidazole rings is 1. The Morgan fingerprint density at radius 3 is 2.70 bits per heavy atom. The average molecular weight is 591 g/mol. The Bertz CT molecular complexity index is 2020. The van der Waals surface area contributed by atoms with Crippen molar-refractivity contribution in [2.45, 2.75) is 38.8 Å². The molecule has 12 nitrogen and oxygen atoms in total. The highest BCUT2D eigenvalue weighted by Gasteiger charge is 2.25. The molecule has 1 aliphatic heterocycles. The average Bonchev–Trinajstić information content (AvgIpc) is 3.67. The van der Waals surface area contributed by atoms with Crippen LogP contribution in [0.1, 0.15) is 53.4 Å². The van der Waals surface area contributed by atoms with Gasteiger partial charge in [0, 0.05) is 12.2 Å². The molecule has 2 amide bonds. The van der Waals surface area contributed by atoms with Gasteiger partial charge in [-0.1, -0.05) is 36.1 Å². The standard InChI is InChI=1S/C32H30N8O4/c1-19-15-16-25-37-28(33)27(40(25)38-19)31(42)35-20(2)29-36-23-13-6-9-21(10-7-17-34-30(41)24-14-8-18-44-24)26(23)32(43)39(29)22-11-4-3-5-12-22/h3-6,9,11-13,15-16,20,24H,8,14,17-18,33H2,1-2H3,(H,34,41)(H,35,42)/t20?,24-/m1/s1. The Balaban J connectivity index is 1.36. The summed E-state index contributed by atoms with van der Waals surface area (Å²) < 4.78 is 8.28. The van der Waals surface area contributed by atoms with Crippen LogP contribution in [0, 0.1) is 18.8 Å². The van der Waals surface area contributed by atoms with Gasteiger partial charge in [0.25, 0.3) is 11.5 Å². The maximum absolute atomic E-state index is 14.2. The third-order valence-electron chi connectivity index (χ3n) is 7.32. The summed E-state index contributed by atoms with van der Waals surface area (Å²) in [6.07, 6.45) is 1.11. The Kier molecular flexibility index (Phi) is 7.78. The van der Waals surface area contributed by atoms with E-state index in [1.54, 1.807) is 56.3 Å². The number of rotatable bonds is 6. The van der Waals surface area contributed by atoms with E-state index >= 15 is 0 Å². The maximum Gasteiger partial charge on any atom is 0.274 e. The molecule has 12 heteroatoms. The molecule has 6 rings (SSSR count). The van der Waals surface area contributed by atoms with Crippen LogP contribution in [-0.4, -0.2) is 55.2 Å². The molecule has 0 bridgehead atoms. The highest BCUT2D eigenvalue weighted by molar-refractivity contribution is 5.98. The molecule has 0 radical (unpaired) electrons. The van der Waals surface area contributed by atoms with Crippen LogP contribution in [0.3, 0.4) is 0 Å². The third kappa shape index (κ3) is 5.48. The molecule has 0 aliphatic carbocycles. The first-order valence-electron chi connectivity index (χ1n) is 14.2. The van der Waals surface area contributed by atoms with Crippen LogP contribution in [0.15, 0.2) is 65.5 Å². The van der Waals surface area contributed by atoms with Gasteiger partial charge in [-0.05, 0) is 63.1 Å². The molecule has 0 saturated carbocycles. The summed E-state index contributed by atoms with van der Waals surface area (Å²) in [6.45, 7) is 4.23. The van der Waals surface area contributed by atoms with Gasteiger partial charge in [0.05, 0.1) is 34.9 Å². The highest BCUT2D eigenvalue weighted by Crippen LogP contribution is 2.22. The van der Waals surface area contributed by atoms with Crippen molar-refractivity contribution in [3.63, 3.8) is 0 Å². The number of hydrogen-bond donors (Lipinski definition) is 3. The molecule has 0 spiro atoms. The maximum atomic E-state index is 14.2. The van der Waals surface area contributed by atoms with E-state index in [4.69, 9.17) is 15.5 Å². The van der Waals surface area contributed by atoms with Crippen molar-refractivity contribution in [1.82, 2.24) is 34.8 Å². The number of benzene rings is 2. The van der Waals surface area contributed by atoms with Crippen LogP contribution < -0.4 is 21.9 Å². The number of aromatic nitrogens is 5. The normalized spacial score (nSPS) is 15.1. The second-order valence-corrected chi connectivity index (χ2v) is 10.5. The van der Waals surface area contributed by atoms with E-state index in [1.807, 2.05) is 18.2 Å². The zero-order valence-corrected chi connectivity index (χ0v) is 24.2. The Morgan fingerprint density at radius 1 is 1.11 bits per heavy atom. The molecule has 4 heterocycles. The number of nitrogens with two attached hydrogens (primary N) is 1. The fourth-order valence-corrected chi connectivity index (χ4v) is 5.22. The zero-order valence-electron chi connectivity index (χ0n) is 24.2. The van der Waals surface area contributed by atoms with Crippen molar-refractivity contribution in [3.05, 3.63) is 93.8 Å². The molecule has 1 saturated heterocycles. The molecule has 2 atom stereocenters. The summed E-state index contributed by atoms with van der Waals surface area (Å²) in [5.41, 5.74) is 8.44. The van der Waals surface area contributed by atoms with Gasteiger partial charge in [-0.25, -0.2) is 14.5 Å². The number of fused-ring (bicyclic) bond motifs is 2. The number of carbonyl (C=O) groups is 2. The lowest BCUT2D eigenvalue weighted by Gasteiger charge is -2.20. The van der Waals surface area contributed by atoms with Gasteiger partial charge < -0.3 is 21.1 Å². The molecule has 2 aromatic carbocycles. The topological polar surface area (TPSA) is 159 Å². The van der Waals surface area contributed by atoms with Crippen molar-refractivity contribution in [3.8, 4) is 17.5 Å². The molecular weight excluding hydrogens is 560 g/mol. The molecule has 222 valence electrons. The number of para-hydroxylation sites is 1. The van der Waals surface area contributed by atoms with E-state index in [2.05, 4.69) is 32.6 Å². The van der Waals surface area contributed by atoms with Crippen molar-refractivity contribution in [2.75, 3.05) is 18.9 Å². The van der Waals surface area contributed by atoms with Crippen molar-refractivity contribution in [2.24, 2.45) is 0 Å². The third-order valence-corrected chi connectivity index (χ3v) is 7.32. The summed E-state index contributed by atoms with van der Waals surface area (Å²) in [6, 6.07) is 17.1. The molecule has 5 aromatic rings. The first kappa shape index (κ1) is 28.6. The Hall–Kier alpha value is -5.54. The number of anilines is 1. The van der Waals surface area contributed by atoms with Crippen molar-refractivity contribution >= 4 is 34.2 Å². The second-order valence-electron chi connectivity index (χ2n) is 10.5. The van der Waals surface area contributed by atoms with Crippen LogP contribution in [0.4, 0.5) is 5.82 Å². The van der Waals surface area contributed by atoms with Crippen molar-refractivity contribution < 1.29 is 14.3 Å². The van der Waals surface area contributed by atoms with Crippen LogP contribution in [0.2, 0.25) is 0 Å². The lowest BCUT2D eigenvalue weighted by molar-refractivity contribution is -0.129. The number of amides is 2. The Morgan fingerprint density at radius 2 is 1.93 bits per heavy atom. The number of nitrogens with one attached hydrogen (secondary N) is 2. The minimum Gasteiger partial charge on any atom is -0.382 e. The van der Waals surface area contributed by atoms with E-state index in [1.165, 1.54) is 9.08 Å². The monoisotopic (exact) mass is 590 g/mol. The number of nitrogens with zero attached hydrogens (tertiary/aromatic N) is 5. The van der Waals surface area contributed by atoms with Crippen LogP contribution >= 0.6 is 0 Å². The first-order chi connectivity index (χ1) is 21.3. The number of ether oxygens (including phenoxy) is 1. The fourth-order valence-electron chi connectivity index (χ4n) is 5.22. The van der Waals surface area contributed by atoms with E-state index in [0.29, 0.717) is 52.3 Å². The fraction of sp³-hybridized carbons (Fsp3) is 0.250. The molecule has 1 aliphatic rings. The summed E-state index contributed by atoms with van der Waals surface area (Å²) in [7, 11) is 0. The smallest absolute Gasteiger partial charge is 0.274 e. The minimum atomic E-state index is -0.725. The van der Waals surface area contributed by atoms with E-state index in [9.17, 15) is 14.4 Å². The highest BCUT2D eigenvalue weighted by atomic mass is 16.5. The summed E-state index contributed by atoms with van der Waals surface area (Å²) >= 11 is 0. The number of nitrogen functional groups attached to an aromatic ring is 1. The van der Waals surface area contributed by atoms with Crippen molar-refractivity contribution in [1.29, 1.82) is 0 Å². The van der Waals surface area contributed by atoms with Crippen LogP contribution in [0.25, 0.3) is 22.2 Å². The zero-order chi connectivity index (χ0) is 30.8. The number of carbonyl (C=O) groups excluding carboxylic acids is 2. The predicted molar refractivity (Wildman–Crippen MR) is 164 cm³/mol. The largest absolute Gasteiger partial charge is 0.382 e. The first-order valence-corrected chi connectivity index (χ1v) is 14.2. The Labute approximate surface area is 252 Å². The lowest BCUT2D eigenvalue weighted by atomic mass is 10.1. The van der Waals surface area contributed by atoms with Gasteiger partial charge in [0.15, 0.2) is 17.2 Å².